The second kappa shape index (κ2) is 6.97. The number of carbonyl (C=O) groups excluding carboxylic acids is 2. The summed E-state index contributed by atoms with van der Waals surface area (Å²) in [6.07, 6.45) is 9.66. The molecule has 0 bridgehead atoms. The molecule has 3 fully saturated rings. The standard InChI is InChI=1S/C24H36O4/c1-6-18-22(28-14(2)25)21(26)20-17-8-7-15-13-16(27-5)9-11-23(15,3)19(17)10-12-24(18,20)4/h7,16-20,22H,6,8-13H2,1-5H3/t16-,17+,18+,19-,20+,22-,23-,24+/m0/s1. The van der Waals surface area contributed by atoms with Gasteiger partial charge in [-0.3, -0.25) is 9.59 Å². The number of hydrogen-bond acceptors (Lipinski definition) is 4. The zero-order chi connectivity index (χ0) is 20.3. The molecular weight excluding hydrogens is 352 g/mol. The predicted octanol–water partition coefficient (Wildman–Crippen LogP) is 4.71. The first-order valence-electron chi connectivity index (χ1n) is 11.2. The number of Topliss-reactive ketones (excluding diaryl/α,β-unsaturated/α-hetero) is 1. The number of ketones is 1. The van der Waals surface area contributed by atoms with E-state index in [0.717, 1.165) is 38.5 Å². The van der Waals surface area contributed by atoms with Crippen molar-refractivity contribution in [3.05, 3.63) is 11.6 Å². The van der Waals surface area contributed by atoms with Crippen LogP contribution in [-0.4, -0.2) is 31.1 Å². The summed E-state index contributed by atoms with van der Waals surface area (Å²) in [5, 5.41) is 0. The molecule has 0 radical (unpaired) electrons. The Hall–Kier alpha value is -1.16. The van der Waals surface area contributed by atoms with Crippen molar-refractivity contribution in [1.29, 1.82) is 0 Å². The number of methoxy groups -OCH3 is 1. The summed E-state index contributed by atoms with van der Waals surface area (Å²) in [6, 6.07) is 0. The van der Waals surface area contributed by atoms with Gasteiger partial charge in [0.1, 0.15) is 0 Å². The highest BCUT2D eigenvalue weighted by Crippen LogP contribution is 2.66. The Morgan fingerprint density at radius 2 is 2.00 bits per heavy atom. The summed E-state index contributed by atoms with van der Waals surface area (Å²) >= 11 is 0. The highest BCUT2D eigenvalue weighted by Gasteiger charge is 2.65. The highest BCUT2D eigenvalue weighted by atomic mass is 16.5. The van der Waals surface area contributed by atoms with E-state index in [2.05, 4.69) is 26.8 Å². The zero-order valence-corrected chi connectivity index (χ0v) is 18.1. The quantitative estimate of drug-likeness (QED) is 0.519. The van der Waals surface area contributed by atoms with Crippen molar-refractivity contribution in [2.45, 2.75) is 84.8 Å². The second-order valence-electron chi connectivity index (χ2n) is 10.2. The minimum atomic E-state index is -0.543. The minimum absolute atomic E-state index is 0.0234. The minimum Gasteiger partial charge on any atom is -0.454 e. The van der Waals surface area contributed by atoms with Gasteiger partial charge in [0.2, 0.25) is 0 Å². The Balaban J connectivity index is 1.68. The number of hydrogen-bond donors (Lipinski definition) is 0. The monoisotopic (exact) mass is 388 g/mol. The molecule has 28 heavy (non-hydrogen) atoms. The van der Waals surface area contributed by atoms with Crippen molar-refractivity contribution < 1.29 is 19.1 Å². The third-order valence-electron chi connectivity index (χ3n) is 9.14. The van der Waals surface area contributed by atoms with Crippen LogP contribution in [0.25, 0.3) is 0 Å². The number of allylic oxidation sites excluding steroid dienone is 1. The predicted molar refractivity (Wildman–Crippen MR) is 108 cm³/mol. The van der Waals surface area contributed by atoms with Crippen molar-refractivity contribution in [1.82, 2.24) is 0 Å². The molecule has 3 saturated carbocycles. The van der Waals surface area contributed by atoms with Gasteiger partial charge in [-0.2, -0.15) is 0 Å². The van der Waals surface area contributed by atoms with Gasteiger partial charge in [-0.25, -0.2) is 0 Å². The second-order valence-corrected chi connectivity index (χ2v) is 10.2. The van der Waals surface area contributed by atoms with Crippen molar-refractivity contribution >= 4 is 11.8 Å². The van der Waals surface area contributed by atoms with E-state index in [0.29, 0.717) is 17.9 Å². The molecule has 4 nitrogen and oxygen atoms in total. The van der Waals surface area contributed by atoms with E-state index in [1.807, 2.05) is 7.11 Å². The molecule has 0 N–H and O–H groups in total. The van der Waals surface area contributed by atoms with Crippen LogP contribution in [0.1, 0.15) is 72.6 Å². The Morgan fingerprint density at radius 1 is 1.25 bits per heavy atom. The third kappa shape index (κ3) is 2.74. The molecular formula is C24H36O4. The maximum absolute atomic E-state index is 13.5. The molecule has 4 rings (SSSR count). The Labute approximate surface area is 169 Å². The fraction of sp³-hybridized carbons (Fsp3) is 0.833. The molecule has 0 unspecified atom stereocenters. The van der Waals surface area contributed by atoms with Crippen molar-refractivity contribution in [2.75, 3.05) is 7.11 Å². The van der Waals surface area contributed by atoms with Gasteiger partial charge in [0.25, 0.3) is 0 Å². The average molecular weight is 389 g/mol. The van der Waals surface area contributed by atoms with E-state index in [1.165, 1.54) is 13.3 Å². The topological polar surface area (TPSA) is 52.6 Å². The fourth-order valence-electron chi connectivity index (χ4n) is 7.74. The van der Waals surface area contributed by atoms with Gasteiger partial charge >= 0.3 is 5.97 Å². The smallest absolute Gasteiger partial charge is 0.303 e. The lowest BCUT2D eigenvalue weighted by molar-refractivity contribution is -0.154. The molecule has 0 aromatic carbocycles. The van der Waals surface area contributed by atoms with Crippen molar-refractivity contribution in [2.24, 2.45) is 34.5 Å². The number of rotatable bonds is 3. The average Bonchev–Trinajstić information content (AvgIpc) is 2.87. The van der Waals surface area contributed by atoms with Gasteiger partial charge in [0.05, 0.1) is 6.10 Å². The van der Waals surface area contributed by atoms with Gasteiger partial charge in [0, 0.05) is 25.9 Å². The molecule has 156 valence electrons. The summed E-state index contributed by atoms with van der Waals surface area (Å²) in [5.41, 5.74) is 1.71. The van der Waals surface area contributed by atoms with Gasteiger partial charge in [0.15, 0.2) is 11.9 Å². The maximum Gasteiger partial charge on any atom is 0.303 e. The summed E-state index contributed by atoms with van der Waals surface area (Å²) < 4.78 is 11.3. The summed E-state index contributed by atoms with van der Waals surface area (Å²) in [5.74, 6) is 0.985. The van der Waals surface area contributed by atoms with Crippen molar-refractivity contribution in [3.63, 3.8) is 0 Å². The first-order valence-corrected chi connectivity index (χ1v) is 11.2. The molecule has 8 atom stereocenters. The molecule has 0 spiro atoms. The van der Waals surface area contributed by atoms with E-state index in [9.17, 15) is 9.59 Å². The highest BCUT2D eigenvalue weighted by molar-refractivity contribution is 5.91. The van der Waals surface area contributed by atoms with E-state index in [1.54, 1.807) is 5.57 Å². The Morgan fingerprint density at radius 3 is 2.64 bits per heavy atom. The third-order valence-corrected chi connectivity index (χ3v) is 9.14. The molecule has 0 aliphatic heterocycles. The molecule has 0 amide bonds. The summed E-state index contributed by atoms with van der Waals surface area (Å²) in [4.78, 5) is 25.3. The molecule has 0 heterocycles. The lowest BCUT2D eigenvalue weighted by Gasteiger charge is -2.57. The molecule has 0 aromatic rings. The number of carbonyl (C=O) groups is 2. The van der Waals surface area contributed by atoms with Crippen molar-refractivity contribution in [3.8, 4) is 0 Å². The van der Waals surface area contributed by atoms with Crippen LogP contribution in [0.2, 0.25) is 0 Å². The molecule has 0 aromatic heterocycles. The van der Waals surface area contributed by atoms with E-state index in [4.69, 9.17) is 9.47 Å². The van der Waals surface area contributed by atoms with Gasteiger partial charge in [-0.15, -0.1) is 0 Å². The first-order chi connectivity index (χ1) is 13.3. The van der Waals surface area contributed by atoms with E-state index in [-0.39, 0.29) is 34.4 Å². The lowest BCUT2D eigenvalue weighted by atomic mass is 9.47. The number of fused-ring (bicyclic) bond motifs is 5. The van der Waals surface area contributed by atoms with E-state index >= 15 is 0 Å². The van der Waals surface area contributed by atoms with Crippen LogP contribution in [-0.2, 0) is 19.1 Å². The van der Waals surface area contributed by atoms with E-state index < -0.39 is 6.10 Å². The van der Waals surface area contributed by atoms with Gasteiger partial charge in [-0.05, 0) is 67.6 Å². The Kier molecular flexibility index (Phi) is 5.01. The molecule has 4 heteroatoms. The first kappa shape index (κ1) is 20.1. The Bertz CT molecular complexity index is 697. The normalized spacial score (nSPS) is 47.6. The van der Waals surface area contributed by atoms with Crippen LogP contribution >= 0.6 is 0 Å². The van der Waals surface area contributed by atoms with Crippen LogP contribution in [0.3, 0.4) is 0 Å². The summed E-state index contributed by atoms with van der Waals surface area (Å²) in [7, 11) is 1.82. The van der Waals surface area contributed by atoms with Crippen LogP contribution in [0.4, 0.5) is 0 Å². The maximum atomic E-state index is 13.5. The zero-order valence-electron chi connectivity index (χ0n) is 18.1. The number of esters is 1. The molecule has 4 aliphatic carbocycles. The largest absolute Gasteiger partial charge is 0.454 e. The number of ether oxygens (including phenoxy) is 2. The fourth-order valence-corrected chi connectivity index (χ4v) is 7.74. The summed E-state index contributed by atoms with van der Waals surface area (Å²) in [6.45, 7) is 8.30. The van der Waals surface area contributed by atoms with Crippen LogP contribution < -0.4 is 0 Å². The SMILES string of the molecule is CC[C@@H]1[C@H](OC(C)=O)C(=O)[C@H]2[C@@H]3CC=C4C[C@@H](OC)CC[C@]4(C)[C@H]3CC[C@]12C. The van der Waals surface area contributed by atoms with Crippen LogP contribution in [0, 0.1) is 34.5 Å². The van der Waals surface area contributed by atoms with Gasteiger partial charge < -0.3 is 9.47 Å². The molecule has 4 aliphatic rings. The van der Waals surface area contributed by atoms with Gasteiger partial charge in [-0.1, -0.05) is 32.4 Å². The van der Waals surface area contributed by atoms with Crippen LogP contribution in [0.15, 0.2) is 11.6 Å². The molecule has 0 saturated heterocycles. The van der Waals surface area contributed by atoms with Crippen LogP contribution in [0.5, 0.6) is 0 Å². The lowest BCUT2D eigenvalue weighted by Crippen LogP contribution is -2.51.